The van der Waals surface area contributed by atoms with Crippen LogP contribution in [0.25, 0.3) is 0 Å². The Morgan fingerprint density at radius 2 is 1.76 bits per heavy atom. The van der Waals surface area contributed by atoms with Gasteiger partial charge in [0.15, 0.2) is 0 Å². The molecule has 6 rings (SSSR count). The zero-order valence-corrected chi connectivity index (χ0v) is 22.2. The van der Waals surface area contributed by atoms with E-state index in [1.807, 2.05) is 26.0 Å². The predicted molar refractivity (Wildman–Crippen MR) is 137 cm³/mol. The molecule has 1 heterocycles. The largest absolute Gasteiger partial charge is 0.369 e. The zero-order chi connectivity index (χ0) is 24.4. The van der Waals surface area contributed by atoms with Crippen molar-refractivity contribution in [3.8, 4) is 0 Å². The molecule has 8 nitrogen and oxygen atoms in total. The number of aryl methyl sites for hydroxylation is 2. The molecule has 188 valence electrons. The summed E-state index contributed by atoms with van der Waals surface area (Å²) in [7, 11) is -3.32. The van der Waals surface area contributed by atoms with Gasteiger partial charge in [-0.2, -0.15) is 4.31 Å². The molecule has 1 aromatic carbocycles. The molecule has 1 aromatic rings. The Balaban J connectivity index is 1.29. The van der Waals surface area contributed by atoms with E-state index in [4.69, 9.17) is 5.73 Å². The van der Waals surface area contributed by atoms with Crippen LogP contribution in [0.1, 0.15) is 49.7 Å². The van der Waals surface area contributed by atoms with Crippen molar-refractivity contribution in [3.05, 3.63) is 27.7 Å². The number of amides is 2. The Hall–Kier alpha value is -1.33. The molecule has 2 amide bonds. The van der Waals surface area contributed by atoms with Gasteiger partial charge in [0.05, 0.1) is 12.2 Å². The minimum absolute atomic E-state index is 0.0372. The van der Waals surface area contributed by atoms with E-state index < -0.39 is 11.0 Å². The number of halogens is 1. The van der Waals surface area contributed by atoms with Gasteiger partial charge in [-0.3, -0.25) is 23.0 Å². The number of primary amides is 1. The minimum Gasteiger partial charge on any atom is -0.369 e. The SMILES string of the molecule is Cc1cc(Br)cc(C)c1N1CCCN(CC(=O)NC2C3CC4CC2CC(C(N)=O)(C4)C3)S1(O)O. The normalized spacial score (nSPS) is 35.3. The van der Waals surface area contributed by atoms with Crippen molar-refractivity contribution in [3.63, 3.8) is 0 Å². The van der Waals surface area contributed by atoms with E-state index in [1.54, 1.807) is 4.31 Å². The summed E-state index contributed by atoms with van der Waals surface area (Å²) in [6.07, 6.45) is 5.21. The lowest BCUT2D eigenvalue weighted by atomic mass is 9.47. The van der Waals surface area contributed by atoms with Crippen molar-refractivity contribution < 1.29 is 18.7 Å². The summed E-state index contributed by atoms with van der Waals surface area (Å²) in [6, 6.07) is 3.97. The Labute approximate surface area is 211 Å². The molecule has 4 saturated carbocycles. The molecule has 0 aromatic heterocycles. The van der Waals surface area contributed by atoms with E-state index >= 15 is 0 Å². The van der Waals surface area contributed by atoms with E-state index in [-0.39, 0.29) is 41.7 Å². The van der Waals surface area contributed by atoms with Gasteiger partial charge in [-0.1, -0.05) is 15.9 Å². The molecular weight excluding hydrogens is 520 g/mol. The molecular formula is C24H35BrN4O4S. The van der Waals surface area contributed by atoms with E-state index in [1.165, 1.54) is 4.31 Å². The van der Waals surface area contributed by atoms with Crippen LogP contribution in [0.4, 0.5) is 5.69 Å². The van der Waals surface area contributed by atoms with Crippen LogP contribution in [0.15, 0.2) is 16.6 Å². The van der Waals surface area contributed by atoms with Crippen molar-refractivity contribution in [1.29, 1.82) is 0 Å². The maximum absolute atomic E-state index is 13.1. The highest BCUT2D eigenvalue weighted by Crippen LogP contribution is 2.60. The van der Waals surface area contributed by atoms with Crippen molar-refractivity contribution in [2.45, 2.75) is 58.4 Å². The number of hydrogen-bond donors (Lipinski definition) is 4. The summed E-state index contributed by atoms with van der Waals surface area (Å²) in [5, 5.41) is 3.22. The van der Waals surface area contributed by atoms with Gasteiger partial charge in [-0.25, -0.2) is 0 Å². The van der Waals surface area contributed by atoms with Crippen LogP contribution in [-0.4, -0.2) is 50.9 Å². The van der Waals surface area contributed by atoms with Crippen LogP contribution in [0.3, 0.4) is 0 Å². The van der Waals surface area contributed by atoms with Crippen molar-refractivity contribution in [2.75, 3.05) is 23.9 Å². The first-order valence-electron chi connectivity index (χ1n) is 12.2. The number of nitrogens with zero attached hydrogens (tertiary/aromatic N) is 2. The van der Waals surface area contributed by atoms with Gasteiger partial charge in [-0.05, 0) is 104 Å². The third-order valence-corrected chi connectivity index (χ3v) is 11.0. The molecule has 0 radical (unpaired) electrons. The number of carbonyl (C=O) groups is 2. The fraction of sp³-hybridized carbons (Fsp3) is 0.667. The van der Waals surface area contributed by atoms with Gasteiger partial charge in [0.1, 0.15) is 0 Å². The Morgan fingerprint density at radius 3 is 2.35 bits per heavy atom. The maximum Gasteiger partial charge on any atom is 0.236 e. The first-order chi connectivity index (χ1) is 16.0. The number of carbonyl (C=O) groups excluding carboxylic acids is 2. The predicted octanol–water partition coefficient (Wildman–Crippen LogP) is 3.96. The Morgan fingerprint density at radius 1 is 1.15 bits per heavy atom. The van der Waals surface area contributed by atoms with Crippen LogP contribution in [0, 0.1) is 37.0 Å². The van der Waals surface area contributed by atoms with Gasteiger partial charge in [0, 0.05) is 29.0 Å². The van der Waals surface area contributed by atoms with E-state index in [2.05, 4.69) is 21.2 Å². The lowest BCUT2D eigenvalue weighted by Gasteiger charge is -2.59. The highest BCUT2D eigenvalue weighted by molar-refractivity contribution is 9.10. The average Bonchev–Trinajstić information content (AvgIpc) is 2.72. The van der Waals surface area contributed by atoms with E-state index in [9.17, 15) is 18.7 Å². The molecule has 1 aliphatic heterocycles. The molecule has 4 aliphatic carbocycles. The van der Waals surface area contributed by atoms with Crippen molar-refractivity contribution in [2.24, 2.45) is 28.9 Å². The van der Waals surface area contributed by atoms with Crippen LogP contribution >= 0.6 is 26.9 Å². The lowest BCUT2D eigenvalue weighted by Crippen LogP contribution is -2.62. The highest BCUT2D eigenvalue weighted by atomic mass is 79.9. The summed E-state index contributed by atoms with van der Waals surface area (Å²) in [5.41, 5.74) is 8.12. The second kappa shape index (κ2) is 8.65. The van der Waals surface area contributed by atoms with Gasteiger partial charge >= 0.3 is 0 Å². The van der Waals surface area contributed by atoms with Gasteiger partial charge in [0.2, 0.25) is 11.8 Å². The molecule has 0 spiro atoms. The zero-order valence-electron chi connectivity index (χ0n) is 19.8. The molecule has 2 unspecified atom stereocenters. The maximum atomic E-state index is 13.1. The molecule has 5 aliphatic rings. The highest BCUT2D eigenvalue weighted by Gasteiger charge is 2.58. The lowest BCUT2D eigenvalue weighted by molar-refractivity contribution is -0.147. The molecule has 10 heteroatoms. The Kier molecular flexibility index (Phi) is 6.20. The Bertz CT molecular complexity index is 982. The summed E-state index contributed by atoms with van der Waals surface area (Å²) in [5.74, 6) is 0.704. The number of rotatable bonds is 5. The second-order valence-corrected chi connectivity index (χ2v) is 13.8. The number of benzene rings is 1. The standard InChI is InChI=1S/C24H35BrN4O4S/c1-14-6-19(25)7-15(2)22(14)29-5-3-4-28(34(29,32)33)13-20(30)27-21-17-8-16-9-18(21)12-24(10-16,11-17)23(26)31/h6-7,16-18,21,32-33H,3-5,8-13H2,1-2H3,(H2,26,31)(H,27,30). The van der Waals surface area contributed by atoms with Crippen LogP contribution in [0.5, 0.6) is 0 Å². The molecule has 5 fully saturated rings. The molecule has 2 atom stereocenters. The quantitative estimate of drug-likeness (QED) is 0.437. The minimum atomic E-state index is -3.32. The first-order valence-corrected chi connectivity index (χ1v) is 14.4. The molecule has 1 saturated heterocycles. The molecule has 5 N–H and O–H groups in total. The van der Waals surface area contributed by atoms with Crippen LogP contribution in [0.2, 0.25) is 0 Å². The van der Waals surface area contributed by atoms with Gasteiger partial charge < -0.3 is 11.1 Å². The van der Waals surface area contributed by atoms with E-state index in [0.717, 1.165) is 59.8 Å². The summed E-state index contributed by atoms with van der Waals surface area (Å²) < 4.78 is 26.7. The van der Waals surface area contributed by atoms with Crippen molar-refractivity contribution in [1.82, 2.24) is 9.62 Å². The van der Waals surface area contributed by atoms with Gasteiger partial charge in [-0.15, -0.1) is 0 Å². The van der Waals surface area contributed by atoms with Crippen molar-refractivity contribution >= 4 is 44.4 Å². The van der Waals surface area contributed by atoms with Crippen LogP contribution in [-0.2, 0) is 9.59 Å². The number of anilines is 1. The number of nitrogens with two attached hydrogens (primary N) is 1. The average molecular weight is 556 g/mol. The van der Waals surface area contributed by atoms with E-state index in [0.29, 0.717) is 19.0 Å². The van der Waals surface area contributed by atoms with Crippen LogP contribution < -0.4 is 15.4 Å². The second-order valence-electron chi connectivity index (χ2n) is 10.9. The summed E-state index contributed by atoms with van der Waals surface area (Å²) >= 11 is 3.50. The number of nitrogens with one attached hydrogen (secondary N) is 1. The fourth-order valence-corrected chi connectivity index (χ4v) is 9.96. The third kappa shape index (κ3) is 4.05. The topological polar surface area (TPSA) is 119 Å². The first kappa shape index (κ1) is 24.4. The van der Waals surface area contributed by atoms with Gasteiger partial charge in [0.25, 0.3) is 0 Å². The fourth-order valence-electron chi connectivity index (χ4n) is 7.42. The number of hydrogen-bond acceptors (Lipinski definition) is 6. The summed E-state index contributed by atoms with van der Waals surface area (Å²) in [4.78, 5) is 25.3. The third-order valence-electron chi connectivity index (χ3n) is 8.56. The molecule has 34 heavy (non-hydrogen) atoms. The summed E-state index contributed by atoms with van der Waals surface area (Å²) in [6.45, 7) is 4.82. The molecule has 4 bridgehead atoms. The monoisotopic (exact) mass is 554 g/mol. The smallest absolute Gasteiger partial charge is 0.236 e.